The number of hydrogen-bond acceptors (Lipinski definition) is 12. The Morgan fingerprint density at radius 1 is 0.172 bits per heavy atom. The molecule has 0 bridgehead atoms. The van der Waals surface area contributed by atoms with Crippen molar-refractivity contribution < 1.29 is 102 Å². The fourth-order valence-electron chi connectivity index (χ4n) is 9.69. The van der Waals surface area contributed by atoms with Gasteiger partial charge in [0.1, 0.15) is 0 Å². The van der Waals surface area contributed by atoms with Crippen LogP contribution in [0.4, 0.5) is 0 Å². The average molecular weight is 1700 g/mol. The molecule has 0 N–H and O–H groups in total. The summed E-state index contributed by atoms with van der Waals surface area (Å²) in [5.74, 6) is 6.49. The second-order valence-electron chi connectivity index (χ2n) is 23.4. The normalized spacial score (nSPS) is 11.9. The van der Waals surface area contributed by atoms with E-state index in [0.29, 0.717) is 0 Å². The van der Waals surface area contributed by atoms with Crippen molar-refractivity contribution in [1.29, 1.82) is 0 Å². The van der Waals surface area contributed by atoms with Crippen molar-refractivity contribution in [2.24, 2.45) is 0 Å². The van der Waals surface area contributed by atoms with Gasteiger partial charge in [0.25, 0.3) is 0 Å². The van der Waals surface area contributed by atoms with Gasteiger partial charge < -0.3 is 111 Å². The van der Waals surface area contributed by atoms with Gasteiger partial charge in [0, 0.05) is 0 Å². The minimum Gasteiger partial charge on any atom is -0.854 e. The maximum atomic E-state index is 11.7. The first-order valence-electron chi connectivity index (χ1n) is 34.9. The van der Waals surface area contributed by atoms with Crippen LogP contribution in [0.2, 0.25) is 0 Å². The summed E-state index contributed by atoms with van der Waals surface area (Å²) in [7, 11) is -2.17. The Morgan fingerprint density at radius 2 is 0.253 bits per heavy atom. The van der Waals surface area contributed by atoms with E-state index in [-0.39, 0.29) is 63.2 Å². The molecule has 0 aromatic heterocycles. The fraction of sp³-hybridized carbons (Fsp3) is 1.00. The summed E-state index contributed by atoms with van der Waals surface area (Å²) < 4.78 is 0. The van der Waals surface area contributed by atoms with E-state index in [1.54, 1.807) is 0 Å². The molecule has 526 valence electrons. The Labute approximate surface area is 617 Å². The SMILES string of the molecule is CCCCCCCCS(CCCCCCCC)=P([O-])([O-])[S-].CCCCCCCCS(CCCCCCCC)=P([O-])([O-])[S-].CCCCCCCCS(CCCCCCCC)=P([O-])([O-])[S-].CCCCCCCCS(CCCCCCCC)=P([O-])([O-])[S-].[Mo+4].[Mo+4].[Mo+4]. The maximum absolute atomic E-state index is 11.7. The molecule has 87 heavy (non-hydrogen) atoms. The molecule has 0 amide bonds. The molecule has 0 unspecified atom stereocenters. The quantitative estimate of drug-likeness (QED) is 0.0243. The van der Waals surface area contributed by atoms with Gasteiger partial charge in [0.15, 0.2) is 0 Å². The average Bonchev–Trinajstić information content (AvgIpc) is 3.61. The van der Waals surface area contributed by atoms with Crippen molar-refractivity contribution in [3.8, 4) is 0 Å². The Morgan fingerprint density at radius 3 is 0.333 bits per heavy atom. The topological polar surface area (TPSA) is 184 Å². The molecule has 23 heteroatoms. The first-order valence-corrected chi connectivity index (χ1v) is 54.1. The molecule has 0 aliphatic rings. The summed E-state index contributed by atoms with van der Waals surface area (Å²) in [5.41, 5.74) is -14.1. The van der Waals surface area contributed by atoms with Crippen molar-refractivity contribution in [2.75, 3.05) is 46.0 Å². The molecule has 0 saturated heterocycles. The Kier molecular flexibility index (Phi) is 97.6. The summed E-state index contributed by atoms with van der Waals surface area (Å²) in [5, 5.41) is 0. The van der Waals surface area contributed by atoms with Crippen molar-refractivity contribution >= 4 is 112 Å². The zero-order valence-electron chi connectivity index (χ0n) is 57.1. The van der Waals surface area contributed by atoms with Crippen LogP contribution in [0.15, 0.2) is 0 Å². The zero-order valence-corrected chi connectivity index (χ0v) is 73.3. The van der Waals surface area contributed by atoms with Gasteiger partial charge in [-0.2, -0.15) is 0 Å². The predicted molar refractivity (Wildman–Crippen MR) is 393 cm³/mol. The maximum Gasteiger partial charge on any atom is 4.00 e. The van der Waals surface area contributed by atoms with Crippen molar-refractivity contribution in [3.05, 3.63) is 0 Å². The van der Waals surface area contributed by atoms with Crippen LogP contribution in [0.1, 0.15) is 364 Å². The van der Waals surface area contributed by atoms with Crippen molar-refractivity contribution in [1.82, 2.24) is 0 Å². The summed E-state index contributed by atoms with van der Waals surface area (Å²) in [6.07, 6.45) is 58.1. The fourth-order valence-corrected chi connectivity index (χ4v) is 30.4. The zero-order chi connectivity index (χ0) is 63.9. The van der Waals surface area contributed by atoms with Crippen LogP contribution in [-0.2, 0) is 152 Å². The Hall–Kier alpha value is 6.26. The van der Waals surface area contributed by atoms with Crippen LogP contribution in [0, 0.1) is 0 Å². The van der Waals surface area contributed by atoms with Crippen LogP contribution in [-0.4, -0.2) is 46.0 Å². The molecule has 0 fully saturated rings. The summed E-state index contributed by atoms with van der Waals surface area (Å²) in [6, 6.07) is 0. The minimum absolute atomic E-state index is 0. The van der Waals surface area contributed by atoms with Gasteiger partial charge in [-0.05, 0) is 97.4 Å². The van der Waals surface area contributed by atoms with Crippen LogP contribution < -0.4 is 39.1 Å². The predicted octanol–water partition coefficient (Wildman–Crippen LogP) is 17.1. The van der Waals surface area contributed by atoms with E-state index in [1.807, 2.05) is 0 Å². The number of unbranched alkanes of at least 4 members (excludes halogenated alkanes) is 40. The van der Waals surface area contributed by atoms with Gasteiger partial charge in [-0.3, -0.25) is 0 Å². The van der Waals surface area contributed by atoms with Gasteiger partial charge >= 0.3 is 63.2 Å². The minimum atomic E-state index is -3.54. The molecular weight excluding hydrogens is 1560 g/mol. The van der Waals surface area contributed by atoms with E-state index >= 15 is 0 Å². The Bertz CT molecular complexity index is 1310. The van der Waals surface area contributed by atoms with Gasteiger partial charge in [-0.1, -0.05) is 312 Å². The van der Waals surface area contributed by atoms with Gasteiger partial charge in [-0.15, -0.1) is 0 Å². The number of rotatable bonds is 56. The van der Waals surface area contributed by atoms with Crippen LogP contribution in [0.5, 0.6) is 0 Å². The van der Waals surface area contributed by atoms with Crippen LogP contribution >= 0.6 is 22.8 Å². The smallest absolute Gasteiger partial charge is 0.854 e. The van der Waals surface area contributed by atoms with E-state index in [2.05, 4.69) is 55.4 Å². The molecule has 0 spiro atoms. The Balaban J connectivity index is -0.000000194. The van der Waals surface area contributed by atoms with E-state index < -0.39 is 63.1 Å². The molecular formula is C64H136Mo3O8P4S8. The standard InChI is InChI=1S/4C16H34O2PS2.3Mo/c4*1-3-5-7-9-11-13-15-21(19(17,18)20)16-14-12-10-8-6-4-2;;;/h4*3-16H2,1-2H3;;;/q4*-3;3*+4. The molecule has 0 aromatic rings. The van der Waals surface area contributed by atoms with E-state index in [9.17, 15) is 39.1 Å². The molecule has 0 aliphatic carbocycles. The number of hydrogen-bond donors (Lipinski definition) is 0. The first kappa shape index (κ1) is 107. The van der Waals surface area contributed by atoms with E-state index in [0.717, 1.165) is 149 Å². The first-order chi connectivity index (χ1) is 40.1. The molecule has 0 radical (unpaired) electrons. The molecule has 0 aromatic carbocycles. The van der Waals surface area contributed by atoms with E-state index in [1.165, 1.54) is 205 Å². The van der Waals surface area contributed by atoms with Crippen molar-refractivity contribution in [3.63, 3.8) is 0 Å². The van der Waals surface area contributed by atoms with Gasteiger partial charge in [0.2, 0.25) is 0 Å². The van der Waals surface area contributed by atoms with Crippen LogP contribution in [0.25, 0.3) is 0 Å². The third kappa shape index (κ3) is 84.6. The summed E-state index contributed by atoms with van der Waals surface area (Å²) in [4.78, 5) is 93.8. The molecule has 0 aliphatic heterocycles. The summed E-state index contributed by atoms with van der Waals surface area (Å²) >= 11 is 19.0. The van der Waals surface area contributed by atoms with E-state index in [4.69, 9.17) is 49.0 Å². The van der Waals surface area contributed by atoms with Gasteiger partial charge in [-0.25, -0.2) is 40.3 Å². The molecule has 0 atom stereocenters. The molecule has 0 rings (SSSR count). The third-order valence-electron chi connectivity index (χ3n) is 15.1. The molecule has 0 heterocycles. The van der Waals surface area contributed by atoms with Crippen LogP contribution in [0.3, 0.4) is 0 Å². The van der Waals surface area contributed by atoms with Crippen molar-refractivity contribution in [2.45, 2.75) is 364 Å². The largest absolute Gasteiger partial charge is 4.00 e. The van der Waals surface area contributed by atoms with Gasteiger partial charge in [0.05, 0.1) is 0 Å². The molecule has 8 nitrogen and oxygen atoms in total. The monoisotopic (exact) mass is 1710 g/mol. The third-order valence-corrected chi connectivity index (χ3v) is 43.3. The second-order valence-corrected chi connectivity index (χ2v) is 54.5. The second kappa shape index (κ2) is 79.6. The molecule has 0 saturated carbocycles. The summed E-state index contributed by atoms with van der Waals surface area (Å²) in [6.45, 7) is 17.7.